The fourth-order valence-corrected chi connectivity index (χ4v) is 2.88. The third-order valence-electron chi connectivity index (χ3n) is 3.08. The number of nitrogens with zero attached hydrogens (tertiary/aromatic N) is 2. The molecule has 0 saturated heterocycles. The molecule has 0 aliphatic carbocycles. The van der Waals surface area contributed by atoms with Crippen LogP contribution < -0.4 is 0 Å². The molecule has 23 heavy (non-hydrogen) atoms. The Morgan fingerprint density at radius 1 is 1.00 bits per heavy atom. The topological polar surface area (TPSA) is 32.7 Å². The van der Waals surface area contributed by atoms with E-state index in [-0.39, 0.29) is 5.88 Å². The van der Waals surface area contributed by atoms with Gasteiger partial charge in [0.15, 0.2) is 0 Å². The van der Waals surface area contributed by atoms with E-state index in [1.807, 2.05) is 0 Å². The lowest BCUT2D eigenvalue weighted by Crippen LogP contribution is -2.25. The number of hydrogen-bond donors (Lipinski definition) is 0. The van der Waals surface area contributed by atoms with Crippen LogP contribution in [0.3, 0.4) is 0 Å². The SMILES string of the molecule is O=C(c1c(F)cc(F)cc1F)N1CSC(c2ccc(F)cc2)=N1. The molecule has 0 saturated carbocycles. The minimum atomic E-state index is -1.29. The Morgan fingerprint density at radius 2 is 1.61 bits per heavy atom. The van der Waals surface area contributed by atoms with Gasteiger partial charge in [-0.3, -0.25) is 4.79 Å². The van der Waals surface area contributed by atoms with Crippen molar-refractivity contribution in [3.05, 3.63) is 70.8 Å². The molecule has 0 aromatic heterocycles. The lowest BCUT2D eigenvalue weighted by molar-refractivity contribution is 0.0785. The lowest BCUT2D eigenvalue weighted by Gasteiger charge is -2.11. The number of rotatable bonds is 2. The third kappa shape index (κ3) is 3.07. The first-order chi connectivity index (χ1) is 11.0. The highest BCUT2D eigenvalue weighted by Gasteiger charge is 2.28. The van der Waals surface area contributed by atoms with Crippen molar-refractivity contribution >= 4 is 22.7 Å². The van der Waals surface area contributed by atoms with Crippen LogP contribution in [0.25, 0.3) is 0 Å². The minimum Gasteiger partial charge on any atom is -0.267 e. The van der Waals surface area contributed by atoms with Gasteiger partial charge in [-0.05, 0) is 24.3 Å². The number of carbonyl (C=O) groups is 1. The Balaban J connectivity index is 1.89. The Kier molecular flexibility index (Phi) is 4.08. The summed E-state index contributed by atoms with van der Waals surface area (Å²) < 4.78 is 53.1. The average Bonchev–Trinajstić information content (AvgIpc) is 2.96. The number of amides is 1. The van der Waals surface area contributed by atoms with Gasteiger partial charge < -0.3 is 0 Å². The summed E-state index contributed by atoms with van der Waals surface area (Å²) >= 11 is 1.16. The number of hydrogen-bond acceptors (Lipinski definition) is 3. The Bertz CT molecular complexity index is 785. The van der Waals surface area contributed by atoms with Crippen LogP contribution >= 0.6 is 11.8 Å². The molecule has 1 heterocycles. The quantitative estimate of drug-likeness (QED) is 0.780. The summed E-state index contributed by atoms with van der Waals surface area (Å²) in [5.74, 6) is -5.07. The van der Waals surface area contributed by atoms with Gasteiger partial charge >= 0.3 is 0 Å². The van der Waals surface area contributed by atoms with E-state index >= 15 is 0 Å². The van der Waals surface area contributed by atoms with E-state index in [9.17, 15) is 22.4 Å². The predicted octanol–water partition coefficient (Wildman–Crippen LogP) is 3.75. The fraction of sp³-hybridized carbons (Fsp3) is 0.0667. The summed E-state index contributed by atoms with van der Waals surface area (Å²) in [4.78, 5) is 12.2. The van der Waals surface area contributed by atoms with Crippen molar-refractivity contribution in [1.29, 1.82) is 0 Å². The lowest BCUT2D eigenvalue weighted by atomic mass is 10.2. The van der Waals surface area contributed by atoms with Gasteiger partial charge in [-0.15, -0.1) is 0 Å². The summed E-state index contributed by atoms with van der Waals surface area (Å²) in [6.45, 7) is 0. The van der Waals surface area contributed by atoms with Crippen molar-refractivity contribution in [3.63, 3.8) is 0 Å². The first kappa shape index (κ1) is 15.5. The molecule has 0 unspecified atom stereocenters. The summed E-state index contributed by atoms with van der Waals surface area (Å²) in [5, 5.41) is 5.28. The normalized spacial score (nSPS) is 14.1. The van der Waals surface area contributed by atoms with E-state index in [1.54, 1.807) is 0 Å². The van der Waals surface area contributed by atoms with E-state index in [0.29, 0.717) is 22.7 Å². The van der Waals surface area contributed by atoms with E-state index < -0.39 is 34.7 Å². The van der Waals surface area contributed by atoms with Crippen LogP contribution in [-0.2, 0) is 0 Å². The largest absolute Gasteiger partial charge is 0.280 e. The number of halogens is 4. The van der Waals surface area contributed by atoms with Crippen molar-refractivity contribution in [2.45, 2.75) is 0 Å². The molecule has 0 N–H and O–H groups in total. The van der Waals surface area contributed by atoms with Gasteiger partial charge in [0.25, 0.3) is 5.91 Å². The van der Waals surface area contributed by atoms with Crippen molar-refractivity contribution in [2.24, 2.45) is 5.10 Å². The first-order valence-corrected chi connectivity index (χ1v) is 7.38. The molecule has 2 aromatic carbocycles. The summed E-state index contributed by atoms with van der Waals surface area (Å²) in [7, 11) is 0. The van der Waals surface area contributed by atoms with Crippen molar-refractivity contribution in [1.82, 2.24) is 5.01 Å². The van der Waals surface area contributed by atoms with Crippen LogP contribution in [0.4, 0.5) is 17.6 Å². The highest BCUT2D eigenvalue weighted by atomic mass is 32.2. The molecule has 1 aliphatic heterocycles. The van der Waals surface area contributed by atoms with Crippen molar-refractivity contribution in [3.8, 4) is 0 Å². The number of hydrazone groups is 1. The van der Waals surface area contributed by atoms with E-state index in [1.165, 1.54) is 24.3 Å². The predicted molar refractivity (Wildman–Crippen MR) is 77.9 cm³/mol. The van der Waals surface area contributed by atoms with Crippen LogP contribution in [0.5, 0.6) is 0 Å². The van der Waals surface area contributed by atoms with Crippen LogP contribution in [0.15, 0.2) is 41.5 Å². The van der Waals surface area contributed by atoms with Crippen molar-refractivity contribution < 1.29 is 22.4 Å². The number of carbonyl (C=O) groups excluding carboxylic acids is 1. The van der Waals surface area contributed by atoms with Crippen LogP contribution in [0.2, 0.25) is 0 Å². The molecule has 1 aliphatic rings. The van der Waals surface area contributed by atoms with Gasteiger partial charge in [0, 0.05) is 17.7 Å². The Labute approximate surface area is 132 Å². The van der Waals surface area contributed by atoms with Crippen molar-refractivity contribution in [2.75, 3.05) is 5.88 Å². The Hall–Kier alpha value is -2.35. The molecule has 0 atom stereocenters. The smallest absolute Gasteiger partial charge is 0.267 e. The zero-order valence-electron chi connectivity index (χ0n) is 11.4. The van der Waals surface area contributed by atoms with Crippen LogP contribution in [0.1, 0.15) is 15.9 Å². The van der Waals surface area contributed by atoms with Gasteiger partial charge in [0.05, 0.1) is 5.88 Å². The molecule has 2 aromatic rings. The summed E-state index contributed by atoms with van der Waals surface area (Å²) in [5.41, 5.74) is -0.289. The van der Waals surface area contributed by atoms with Gasteiger partial charge in [-0.25, -0.2) is 22.6 Å². The monoisotopic (exact) mass is 340 g/mol. The Morgan fingerprint density at radius 3 is 2.22 bits per heavy atom. The molecule has 8 heteroatoms. The minimum absolute atomic E-state index is 0.0435. The maximum absolute atomic E-state index is 13.7. The number of benzene rings is 2. The summed E-state index contributed by atoms with van der Waals surface area (Å²) in [6.07, 6.45) is 0. The second-order valence-corrected chi connectivity index (χ2v) is 5.57. The molecule has 0 radical (unpaired) electrons. The third-order valence-corrected chi connectivity index (χ3v) is 4.05. The fourth-order valence-electron chi connectivity index (χ4n) is 2.00. The average molecular weight is 340 g/mol. The first-order valence-electron chi connectivity index (χ1n) is 6.39. The molecular weight excluding hydrogens is 332 g/mol. The molecule has 0 spiro atoms. The number of thioether (sulfide) groups is 1. The highest BCUT2D eigenvalue weighted by molar-refractivity contribution is 8.14. The molecule has 118 valence electrons. The zero-order valence-corrected chi connectivity index (χ0v) is 12.2. The molecule has 3 nitrogen and oxygen atoms in total. The second kappa shape index (κ2) is 6.04. The highest BCUT2D eigenvalue weighted by Crippen LogP contribution is 2.26. The summed E-state index contributed by atoms with van der Waals surface area (Å²) in [6, 6.07) is 6.31. The molecular formula is C15H8F4N2OS. The maximum atomic E-state index is 13.7. The van der Waals surface area contributed by atoms with Gasteiger partial charge in [-0.2, -0.15) is 5.10 Å². The standard InChI is InChI=1S/C15H8F4N2OS/c16-9-3-1-8(2-4-9)14-20-21(7-23-14)15(22)13-11(18)5-10(17)6-12(13)19/h1-6H,7H2. The molecule has 1 amide bonds. The van der Waals surface area contributed by atoms with E-state index in [2.05, 4.69) is 5.10 Å². The van der Waals surface area contributed by atoms with Gasteiger partial charge in [-0.1, -0.05) is 11.8 Å². The van der Waals surface area contributed by atoms with Crippen LogP contribution in [0, 0.1) is 23.3 Å². The second-order valence-electron chi connectivity index (χ2n) is 4.63. The molecule has 3 rings (SSSR count). The molecule has 0 bridgehead atoms. The van der Waals surface area contributed by atoms with Crippen LogP contribution in [-0.4, -0.2) is 21.8 Å². The van der Waals surface area contributed by atoms with Gasteiger partial charge in [0.1, 0.15) is 33.9 Å². The maximum Gasteiger partial charge on any atom is 0.280 e. The van der Waals surface area contributed by atoms with Gasteiger partial charge in [0.2, 0.25) is 0 Å². The van der Waals surface area contributed by atoms with E-state index in [4.69, 9.17) is 0 Å². The zero-order chi connectivity index (χ0) is 16.6. The molecule has 0 fully saturated rings. The van der Waals surface area contributed by atoms with E-state index in [0.717, 1.165) is 16.8 Å².